The van der Waals surface area contributed by atoms with Gasteiger partial charge in [-0.2, -0.15) is 0 Å². The van der Waals surface area contributed by atoms with E-state index in [0.717, 1.165) is 0 Å². The van der Waals surface area contributed by atoms with Gasteiger partial charge in [-0.15, -0.1) is 0 Å². The average Bonchev–Trinajstić information content (AvgIpc) is 2.51. The van der Waals surface area contributed by atoms with Crippen molar-refractivity contribution < 1.29 is 14.5 Å². The van der Waals surface area contributed by atoms with Gasteiger partial charge in [-0.3, -0.25) is 14.9 Å². The Hall–Kier alpha value is -3.16. The molecule has 1 aliphatic heterocycles. The molecule has 23 heavy (non-hydrogen) atoms. The molecule has 0 aliphatic carbocycles. The Balaban J connectivity index is 1.85. The predicted molar refractivity (Wildman–Crippen MR) is 84.3 cm³/mol. The van der Waals surface area contributed by atoms with Gasteiger partial charge in [0, 0.05) is 24.4 Å². The van der Waals surface area contributed by atoms with E-state index in [1.165, 1.54) is 11.1 Å². The van der Waals surface area contributed by atoms with Gasteiger partial charge >= 0.3 is 0 Å². The molecule has 0 radical (unpaired) electrons. The van der Waals surface area contributed by atoms with Gasteiger partial charge in [0.25, 0.3) is 11.6 Å². The number of nitrogens with one attached hydrogen (secondary N) is 1. The molecular formula is C15H14N4O4. The number of ether oxygens (including phenoxy) is 1. The molecule has 0 saturated heterocycles. The van der Waals surface area contributed by atoms with E-state index in [1.807, 2.05) is 0 Å². The van der Waals surface area contributed by atoms with Crippen LogP contribution in [0.1, 0.15) is 5.56 Å². The summed E-state index contributed by atoms with van der Waals surface area (Å²) in [6.45, 7) is 1.66. The molecule has 0 atom stereocenters. The number of nitro groups is 1. The van der Waals surface area contributed by atoms with Crippen LogP contribution in [0.15, 0.2) is 30.5 Å². The number of fused-ring (bicyclic) bond motifs is 1. The highest BCUT2D eigenvalue weighted by atomic mass is 16.6. The molecule has 8 nitrogen and oxygen atoms in total. The second kappa shape index (κ2) is 5.56. The van der Waals surface area contributed by atoms with Crippen LogP contribution in [-0.2, 0) is 4.79 Å². The number of hydrogen-bond acceptors (Lipinski definition) is 6. The monoisotopic (exact) mass is 314 g/mol. The Bertz CT molecular complexity index is 806. The predicted octanol–water partition coefficient (Wildman–Crippen LogP) is 2.40. The van der Waals surface area contributed by atoms with Gasteiger partial charge in [-0.25, -0.2) is 4.98 Å². The molecule has 1 aromatic heterocycles. The zero-order valence-corrected chi connectivity index (χ0v) is 12.6. The maximum absolute atomic E-state index is 11.6. The van der Waals surface area contributed by atoms with Crippen LogP contribution in [0.2, 0.25) is 0 Å². The molecule has 0 spiro atoms. The minimum Gasteiger partial charge on any atom is -0.481 e. The summed E-state index contributed by atoms with van der Waals surface area (Å²) < 4.78 is 5.42. The quantitative estimate of drug-likeness (QED) is 0.690. The summed E-state index contributed by atoms with van der Waals surface area (Å²) in [6, 6.07) is 6.92. The number of nitrogens with zero attached hydrogens (tertiary/aromatic N) is 3. The Morgan fingerprint density at radius 3 is 2.87 bits per heavy atom. The van der Waals surface area contributed by atoms with E-state index < -0.39 is 4.92 Å². The number of hydrogen-bond donors (Lipinski definition) is 1. The molecule has 118 valence electrons. The number of pyridine rings is 1. The zero-order chi connectivity index (χ0) is 16.6. The lowest BCUT2D eigenvalue weighted by Crippen LogP contribution is -2.35. The molecule has 1 aliphatic rings. The van der Waals surface area contributed by atoms with Gasteiger partial charge in [0.05, 0.1) is 10.6 Å². The molecular weight excluding hydrogens is 300 g/mol. The number of carbonyl (C=O) groups is 1. The number of aromatic nitrogens is 1. The first-order valence-corrected chi connectivity index (χ1v) is 6.87. The van der Waals surface area contributed by atoms with Crippen LogP contribution in [0.5, 0.6) is 5.75 Å². The van der Waals surface area contributed by atoms with Crippen molar-refractivity contribution in [3.05, 3.63) is 46.1 Å². The Labute approximate surface area is 131 Å². The fraction of sp³-hybridized carbons (Fsp3) is 0.200. The fourth-order valence-electron chi connectivity index (χ4n) is 2.31. The third kappa shape index (κ3) is 2.78. The molecule has 0 bridgehead atoms. The van der Waals surface area contributed by atoms with Gasteiger partial charge in [0.2, 0.25) is 0 Å². The van der Waals surface area contributed by atoms with Crippen molar-refractivity contribution in [1.82, 2.24) is 4.98 Å². The number of aryl methyl sites for hydroxylation is 1. The number of likely N-dealkylation sites (N-methyl/N-ethyl adjacent to an activating group) is 1. The fourth-order valence-corrected chi connectivity index (χ4v) is 2.31. The van der Waals surface area contributed by atoms with Crippen LogP contribution >= 0.6 is 0 Å². The maximum atomic E-state index is 11.6. The van der Waals surface area contributed by atoms with E-state index in [2.05, 4.69) is 10.3 Å². The number of carbonyl (C=O) groups excluding carboxylic acids is 1. The second-order valence-corrected chi connectivity index (χ2v) is 5.16. The van der Waals surface area contributed by atoms with Crippen molar-refractivity contribution in [3.8, 4) is 5.75 Å². The molecule has 0 unspecified atom stereocenters. The second-order valence-electron chi connectivity index (χ2n) is 5.16. The van der Waals surface area contributed by atoms with Crippen molar-refractivity contribution in [2.24, 2.45) is 0 Å². The maximum Gasteiger partial charge on any atom is 0.290 e. The summed E-state index contributed by atoms with van der Waals surface area (Å²) >= 11 is 0. The first-order valence-electron chi connectivity index (χ1n) is 6.87. The third-order valence-corrected chi connectivity index (χ3v) is 3.60. The average molecular weight is 314 g/mol. The molecule has 8 heteroatoms. The minimum absolute atomic E-state index is 0.00183. The smallest absolute Gasteiger partial charge is 0.290 e. The van der Waals surface area contributed by atoms with E-state index in [4.69, 9.17) is 4.74 Å². The molecule has 3 rings (SSSR count). The number of amides is 1. The lowest BCUT2D eigenvalue weighted by atomic mass is 10.2. The minimum atomic E-state index is -0.467. The normalized spacial score (nSPS) is 13.3. The van der Waals surface area contributed by atoms with E-state index in [-0.39, 0.29) is 18.2 Å². The number of benzene rings is 1. The van der Waals surface area contributed by atoms with Crippen LogP contribution < -0.4 is 15.0 Å². The lowest BCUT2D eigenvalue weighted by Gasteiger charge is -2.26. The standard InChI is InChI=1S/C15H14N4O4/c1-9-5-14(16-7-12(9)19(21)22)17-10-3-4-11-13(6-10)23-8-15(20)18(11)2/h3-7H,8H2,1-2H3,(H,16,17). The van der Waals surface area contributed by atoms with Gasteiger partial charge < -0.3 is 15.0 Å². The van der Waals surface area contributed by atoms with Crippen LogP contribution in [0.4, 0.5) is 22.9 Å². The van der Waals surface area contributed by atoms with Crippen LogP contribution in [0.3, 0.4) is 0 Å². The van der Waals surface area contributed by atoms with Crippen LogP contribution in [0, 0.1) is 17.0 Å². The van der Waals surface area contributed by atoms with E-state index in [1.54, 1.807) is 38.2 Å². The van der Waals surface area contributed by atoms with Gasteiger partial charge in [-0.05, 0) is 25.1 Å². The molecule has 1 N–H and O–H groups in total. The SMILES string of the molecule is Cc1cc(Nc2ccc3c(c2)OCC(=O)N3C)ncc1[N+](=O)[O-]. The molecule has 0 fully saturated rings. The van der Waals surface area contributed by atoms with Gasteiger partial charge in [-0.1, -0.05) is 0 Å². The first kappa shape index (κ1) is 14.8. The number of rotatable bonds is 3. The zero-order valence-electron chi connectivity index (χ0n) is 12.6. The largest absolute Gasteiger partial charge is 0.481 e. The topological polar surface area (TPSA) is 97.6 Å². The summed E-state index contributed by atoms with van der Waals surface area (Å²) in [4.78, 5) is 27.5. The highest BCUT2D eigenvalue weighted by Gasteiger charge is 2.22. The van der Waals surface area contributed by atoms with Gasteiger partial charge in [0.15, 0.2) is 6.61 Å². The summed E-state index contributed by atoms with van der Waals surface area (Å²) in [7, 11) is 1.69. The van der Waals surface area contributed by atoms with Crippen molar-refractivity contribution in [3.63, 3.8) is 0 Å². The van der Waals surface area contributed by atoms with Crippen molar-refractivity contribution in [2.75, 3.05) is 23.9 Å². The van der Waals surface area contributed by atoms with Crippen molar-refractivity contribution >= 4 is 28.8 Å². The molecule has 2 aromatic rings. The molecule has 2 heterocycles. The Kier molecular flexibility index (Phi) is 3.57. The van der Waals surface area contributed by atoms with E-state index >= 15 is 0 Å². The molecule has 1 amide bonds. The first-order chi connectivity index (χ1) is 11.0. The highest BCUT2D eigenvalue weighted by Crippen LogP contribution is 2.34. The van der Waals surface area contributed by atoms with Crippen LogP contribution in [0.25, 0.3) is 0 Å². The highest BCUT2D eigenvalue weighted by molar-refractivity contribution is 5.97. The number of anilines is 3. The van der Waals surface area contributed by atoms with Gasteiger partial charge in [0.1, 0.15) is 17.8 Å². The lowest BCUT2D eigenvalue weighted by molar-refractivity contribution is -0.385. The molecule has 1 aromatic carbocycles. The summed E-state index contributed by atoms with van der Waals surface area (Å²) in [5, 5.41) is 13.9. The summed E-state index contributed by atoms with van der Waals surface area (Å²) in [5.41, 5.74) is 1.91. The third-order valence-electron chi connectivity index (χ3n) is 3.60. The van der Waals surface area contributed by atoms with Crippen molar-refractivity contribution in [2.45, 2.75) is 6.92 Å². The van der Waals surface area contributed by atoms with Crippen LogP contribution in [-0.4, -0.2) is 29.5 Å². The van der Waals surface area contributed by atoms with E-state index in [0.29, 0.717) is 28.5 Å². The summed E-state index contributed by atoms with van der Waals surface area (Å²) in [5.74, 6) is 0.981. The van der Waals surface area contributed by atoms with Crippen molar-refractivity contribution in [1.29, 1.82) is 0 Å². The Morgan fingerprint density at radius 2 is 2.17 bits per heavy atom. The summed E-state index contributed by atoms with van der Waals surface area (Å²) in [6.07, 6.45) is 1.22. The van der Waals surface area contributed by atoms with E-state index in [9.17, 15) is 14.9 Å². The molecule has 0 saturated carbocycles. The Morgan fingerprint density at radius 1 is 1.39 bits per heavy atom.